The number of esters is 1. The molecular formula is C43H58N4O5. The maximum atomic E-state index is 13.1. The van der Waals surface area contributed by atoms with Crippen LogP contribution in [0.3, 0.4) is 0 Å². The van der Waals surface area contributed by atoms with Crippen LogP contribution in [0.4, 0.5) is 0 Å². The van der Waals surface area contributed by atoms with Gasteiger partial charge >= 0.3 is 11.9 Å². The molecule has 0 radical (unpaired) electrons. The number of carboxylic acid groups (broad SMARTS) is 1. The third-order valence-electron chi connectivity index (χ3n) is 16.0. The summed E-state index contributed by atoms with van der Waals surface area (Å²) < 4.78 is 12.8. The van der Waals surface area contributed by atoms with E-state index in [-0.39, 0.29) is 39.6 Å². The van der Waals surface area contributed by atoms with Gasteiger partial charge in [-0.05, 0) is 130 Å². The summed E-state index contributed by atoms with van der Waals surface area (Å²) in [7, 11) is 0. The Morgan fingerprint density at radius 1 is 0.981 bits per heavy atom. The quantitative estimate of drug-likeness (QED) is 0.220. The Bertz CT molecular complexity index is 1840. The van der Waals surface area contributed by atoms with Gasteiger partial charge in [-0.3, -0.25) is 9.59 Å². The first-order valence-electron chi connectivity index (χ1n) is 19.7. The van der Waals surface area contributed by atoms with Crippen LogP contribution in [0, 0.1) is 62.1 Å². The maximum absolute atomic E-state index is 13.1. The van der Waals surface area contributed by atoms with E-state index >= 15 is 0 Å². The first-order valence-corrected chi connectivity index (χ1v) is 19.7. The van der Waals surface area contributed by atoms with Crippen LogP contribution in [0.2, 0.25) is 0 Å². The second-order valence-corrected chi connectivity index (χ2v) is 19.5. The zero-order valence-corrected chi connectivity index (χ0v) is 32.8. The van der Waals surface area contributed by atoms with Gasteiger partial charge in [0, 0.05) is 11.6 Å². The fraction of sp³-hybridized carbons (Fsp3) is 0.721. The number of fused-ring (bicyclic) bond motifs is 7. The van der Waals surface area contributed by atoms with Gasteiger partial charge in [-0.15, -0.1) is 10.2 Å². The van der Waals surface area contributed by atoms with Gasteiger partial charge in [0.1, 0.15) is 17.9 Å². The van der Waals surface area contributed by atoms with E-state index < -0.39 is 17.4 Å². The summed E-state index contributed by atoms with van der Waals surface area (Å²) in [5.74, 6) is 1.60. The molecule has 9 nitrogen and oxygen atoms in total. The van der Waals surface area contributed by atoms with E-state index in [1.807, 2.05) is 0 Å². The molecule has 0 amide bonds. The lowest BCUT2D eigenvalue weighted by molar-refractivity contribution is -0.232. The number of carbonyl (C=O) groups is 2. The molecule has 7 rings (SSSR count). The van der Waals surface area contributed by atoms with E-state index in [0.717, 1.165) is 63.7 Å². The molecule has 9 heteroatoms. The van der Waals surface area contributed by atoms with Gasteiger partial charge in [0.15, 0.2) is 0 Å². The highest BCUT2D eigenvalue weighted by Crippen LogP contribution is 2.77. The molecule has 0 unspecified atom stereocenters. The molecule has 4 saturated carbocycles. The van der Waals surface area contributed by atoms with E-state index in [0.29, 0.717) is 40.8 Å². The maximum Gasteiger partial charge on any atom is 0.309 e. The highest BCUT2D eigenvalue weighted by Gasteiger charge is 2.70. The monoisotopic (exact) mass is 710 g/mol. The number of pyridine rings is 1. The minimum atomic E-state index is -1.15. The molecule has 2 aromatic rings. The van der Waals surface area contributed by atoms with Crippen molar-refractivity contribution in [1.82, 2.24) is 15.2 Å². The fourth-order valence-corrected chi connectivity index (χ4v) is 12.9. The lowest BCUT2D eigenvalue weighted by Crippen LogP contribution is -2.66. The molecule has 1 N–H and O–H groups in total. The SMILES string of the molecule is CC(C)C1=C2[C@H]3CC[C@@H]4[C@@]5(C)CC[C@H](OC(=O)CC(C)(C)C(=O)O)C(C)(C)[C@@H]5CC[C@@]4(C)[C@]3(C)CC[C@@]2(c2nnc(-c3ccc(C#N)cn3)o2)CC1. The molecule has 280 valence electrons. The van der Waals surface area contributed by atoms with Crippen LogP contribution in [-0.4, -0.2) is 38.3 Å². The molecule has 5 aliphatic rings. The van der Waals surface area contributed by atoms with Gasteiger partial charge in [-0.2, -0.15) is 5.26 Å². The summed E-state index contributed by atoms with van der Waals surface area (Å²) in [6, 6.07) is 5.66. The number of nitrogens with zero attached hydrogens (tertiary/aromatic N) is 4. The van der Waals surface area contributed by atoms with Crippen molar-refractivity contribution in [1.29, 1.82) is 5.26 Å². The number of aliphatic carboxylic acids is 1. The Morgan fingerprint density at radius 3 is 2.38 bits per heavy atom. The number of carbonyl (C=O) groups excluding carboxylic acids is 1. The van der Waals surface area contributed by atoms with E-state index in [1.165, 1.54) is 6.42 Å². The standard InChI is InChI=1S/C43H58N4O5/c1-25(2)27-14-19-43(36-47-46-35(52-36)29-12-10-26(23-44)24-45-29)21-20-41(8)28(34(27)43)11-13-31-40(7)17-16-32(51-33(48)22-38(3,4)37(49)50)39(5,6)30(40)15-18-42(31,41)9/h10,12,24-25,28,30-32H,11,13-22H2,1-9H3,(H,49,50)/t28-,30+,31-,32+,40+,41-,42-,43+/m1/s1. The minimum Gasteiger partial charge on any atom is -0.481 e. The molecule has 0 bridgehead atoms. The Balaban J connectivity index is 1.18. The number of nitriles is 1. The van der Waals surface area contributed by atoms with Crippen molar-refractivity contribution >= 4 is 11.9 Å². The van der Waals surface area contributed by atoms with Crippen molar-refractivity contribution in [3.8, 4) is 17.7 Å². The van der Waals surface area contributed by atoms with Crippen LogP contribution in [0.15, 0.2) is 33.9 Å². The van der Waals surface area contributed by atoms with Crippen LogP contribution >= 0.6 is 0 Å². The minimum absolute atomic E-state index is 0.112. The topological polar surface area (TPSA) is 139 Å². The second-order valence-electron chi connectivity index (χ2n) is 19.5. The van der Waals surface area contributed by atoms with Crippen LogP contribution in [-0.2, 0) is 19.7 Å². The largest absolute Gasteiger partial charge is 0.481 e. The zero-order chi connectivity index (χ0) is 37.6. The highest BCUT2D eigenvalue weighted by molar-refractivity contribution is 5.81. The Hall–Kier alpha value is -3.54. The average molecular weight is 711 g/mol. The number of aromatic nitrogens is 3. The lowest BCUT2D eigenvalue weighted by atomic mass is 9.33. The number of carboxylic acids is 1. The predicted octanol–water partition coefficient (Wildman–Crippen LogP) is 9.47. The van der Waals surface area contributed by atoms with Gasteiger partial charge in [0.25, 0.3) is 5.89 Å². The average Bonchev–Trinajstić information content (AvgIpc) is 3.73. The van der Waals surface area contributed by atoms with Gasteiger partial charge in [-0.1, -0.05) is 59.6 Å². The summed E-state index contributed by atoms with van der Waals surface area (Å²) in [5, 5.41) is 28.1. The van der Waals surface area contributed by atoms with Crippen molar-refractivity contribution in [2.45, 2.75) is 144 Å². The fourth-order valence-electron chi connectivity index (χ4n) is 12.9. The Kier molecular flexibility index (Phi) is 8.67. The smallest absolute Gasteiger partial charge is 0.309 e. The summed E-state index contributed by atoms with van der Waals surface area (Å²) in [4.78, 5) is 29.3. The third-order valence-corrected chi connectivity index (χ3v) is 16.0. The lowest BCUT2D eigenvalue weighted by Gasteiger charge is -2.72. The van der Waals surface area contributed by atoms with E-state index in [1.54, 1.807) is 43.3 Å². The van der Waals surface area contributed by atoms with E-state index in [4.69, 9.17) is 14.3 Å². The summed E-state index contributed by atoms with van der Waals surface area (Å²) >= 11 is 0. The molecule has 0 aromatic carbocycles. The Labute approximate surface area is 309 Å². The first-order chi connectivity index (χ1) is 24.3. The first kappa shape index (κ1) is 36.8. The molecule has 5 aliphatic carbocycles. The summed E-state index contributed by atoms with van der Waals surface area (Å²) in [6.45, 7) is 20.3. The molecule has 52 heavy (non-hydrogen) atoms. The molecule has 0 aliphatic heterocycles. The number of rotatable bonds is 7. The molecule has 0 spiro atoms. The molecule has 4 fully saturated rings. The van der Waals surface area contributed by atoms with Crippen molar-refractivity contribution in [3.05, 3.63) is 40.9 Å². The third kappa shape index (κ3) is 5.23. The highest BCUT2D eigenvalue weighted by atomic mass is 16.5. The normalized spacial score (nSPS) is 36.6. The van der Waals surface area contributed by atoms with Crippen molar-refractivity contribution in [3.63, 3.8) is 0 Å². The van der Waals surface area contributed by atoms with Crippen LogP contribution < -0.4 is 0 Å². The van der Waals surface area contributed by atoms with Crippen LogP contribution in [0.1, 0.15) is 144 Å². The second kappa shape index (κ2) is 12.2. The van der Waals surface area contributed by atoms with Crippen molar-refractivity contribution < 1.29 is 23.8 Å². The van der Waals surface area contributed by atoms with Crippen molar-refractivity contribution in [2.24, 2.45) is 50.7 Å². The predicted molar refractivity (Wildman–Crippen MR) is 196 cm³/mol. The zero-order valence-electron chi connectivity index (χ0n) is 32.8. The van der Waals surface area contributed by atoms with Crippen molar-refractivity contribution in [2.75, 3.05) is 0 Å². The molecular weight excluding hydrogens is 652 g/mol. The van der Waals surface area contributed by atoms with E-state index in [2.05, 4.69) is 64.6 Å². The van der Waals surface area contributed by atoms with Gasteiger partial charge in [-0.25, -0.2) is 4.98 Å². The van der Waals surface area contributed by atoms with Gasteiger partial charge < -0.3 is 14.3 Å². The summed E-state index contributed by atoms with van der Waals surface area (Å²) in [6.07, 6.45) is 11.8. The molecule has 2 aromatic heterocycles. The van der Waals surface area contributed by atoms with Crippen LogP contribution in [0.5, 0.6) is 0 Å². The molecule has 0 saturated heterocycles. The van der Waals surface area contributed by atoms with Gasteiger partial charge in [0.2, 0.25) is 5.89 Å². The number of allylic oxidation sites excluding steroid dienone is 2. The van der Waals surface area contributed by atoms with Gasteiger partial charge in [0.05, 0.1) is 22.8 Å². The van der Waals surface area contributed by atoms with E-state index in [9.17, 15) is 20.0 Å². The molecule has 8 atom stereocenters. The molecule has 2 heterocycles. The summed E-state index contributed by atoms with van der Waals surface area (Å²) in [5.41, 5.74) is 3.01. The number of hydrogen-bond donors (Lipinski definition) is 1. The Morgan fingerprint density at radius 2 is 1.73 bits per heavy atom. The number of hydrogen-bond acceptors (Lipinski definition) is 8. The van der Waals surface area contributed by atoms with Crippen LogP contribution in [0.25, 0.3) is 11.6 Å². The number of ether oxygens (including phenoxy) is 1.